The molecule has 1 aliphatic carbocycles. The maximum atomic E-state index is 7.10. The van der Waals surface area contributed by atoms with E-state index >= 15 is 0 Å². The average molecular weight is 873 g/mol. The zero-order valence-electron chi connectivity index (χ0n) is 39.9. The number of para-hydroxylation sites is 1. The Morgan fingerprint density at radius 1 is 0.877 bits per heavy atom. The summed E-state index contributed by atoms with van der Waals surface area (Å²) in [6.45, 7) is 27.6. The highest BCUT2D eigenvalue weighted by Crippen LogP contribution is 2.54. The minimum Gasteiger partial charge on any atom is -0.455 e. The quantitative estimate of drug-likeness (QED) is 0.0867. The van der Waals surface area contributed by atoms with Crippen LogP contribution >= 0.6 is 0 Å². The molecule has 8 aromatic rings. The molecule has 0 saturated carbocycles. The van der Waals surface area contributed by atoms with E-state index in [1.807, 2.05) is 6.20 Å². The van der Waals surface area contributed by atoms with Crippen molar-refractivity contribution in [1.82, 2.24) is 9.55 Å². The number of hydrogen-bond donors (Lipinski definition) is 0. The van der Waals surface area contributed by atoms with E-state index in [1.165, 1.54) is 67.2 Å². The molecule has 328 valence electrons. The highest BCUT2D eigenvalue weighted by atomic mass is 28.3. The smallest absolute Gasteiger partial charge is 0.299 e. The molecule has 65 heavy (non-hydrogen) atoms. The molecule has 5 nitrogen and oxygen atoms in total. The number of benzene rings is 4. The summed E-state index contributed by atoms with van der Waals surface area (Å²) in [7, 11) is -1.74. The first-order valence-electron chi connectivity index (χ1n) is 24.3. The van der Waals surface area contributed by atoms with Crippen LogP contribution in [0.25, 0.3) is 61.3 Å². The van der Waals surface area contributed by atoms with E-state index in [1.54, 1.807) is 10.8 Å². The van der Waals surface area contributed by atoms with Crippen molar-refractivity contribution in [3.05, 3.63) is 161 Å². The first-order chi connectivity index (χ1) is 31.3. The Labute approximate surface area is 386 Å². The molecular weight excluding hydrogens is 809 g/mol. The minimum absolute atomic E-state index is 0.0791. The van der Waals surface area contributed by atoms with Crippen molar-refractivity contribution in [3.63, 3.8) is 0 Å². The Morgan fingerprint density at radius 3 is 2.42 bits per heavy atom. The zero-order chi connectivity index (χ0) is 45.1. The molecule has 0 amide bonds. The molecule has 0 bridgehead atoms. The summed E-state index contributed by atoms with van der Waals surface area (Å²) >= 11 is 0. The van der Waals surface area contributed by atoms with Crippen molar-refractivity contribution in [2.75, 3.05) is 0 Å². The lowest BCUT2D eigenvalue weighted by molar-refractivity contribution is -0.718. The third-order valence-electron chi connectivity index (χ3n) is 15.3. The second-order valence-corrected chi connectivity index (χ2v) is 26.3. The van der Waals surface area contributed by atoms with Gasteiger partial charge in [-0.25, -0.2) is 4.57 Å². The van der Waals surface area contributed by atoms with E-state index in [0.29, 0.717) is 30.2 Å². The monoisotopic (exact) mass is 872 g/mol. The van der Waals surface area contributed by atoms with Crippen LogP contribution in [0.1, 0.15) is 93.3 Å². The Balaban J connectivity index is 1.17. The van der Waals surface area contributed by atoms with Crippen LogP contribution in [-0.2, 0) is 19.4 Å². The maximum absolute atomic E-state index is 7.10. The van der Waals surface area contributed by atoms with Crippen LogP contribution in [0.5, 0.6) is 0 Å². The predicted octanol–water partition coefficient (Wildman–Crippen LogP) is 13.4. The van der Waals surface area contributed by atoms with Crippen LogP contribution in [0, 0.1) is 24.7 Å². The fourth-order valence-corrected chi connectivity index (χ4v) is 14.0. The lowest BCUT2D eigenvalue weighted by Gasteiger charge is -2.34. The first kappa shape index (κ1) is 41.8. The molecule has 4 aromatic carbocycles. The molecule has 11 rings (SSSR count). The number of nitrogens with zero attached hydrogens (tertiary/aromatic N) is 4. The Kier molecular flexibility index (Phi) is 10.1. The molecule has 4 unspecified atom stereocenters. The van der Waals surface area contributed by atoms with Gasteiger partial charge in [0, 0.05) is 51.3 Å². The molecule has 0 spiro atoms. The van der Waals surface area contributed by atoms with Gasteiger partial charge in [0.05, 0.1) is 19.7 Å². The molecule has 6 heterocycles. The molecule has 0 N–H and O–H groups in total. The van der Waals surface area contributed by atoms with Crippen LogP contribution in [0.4, 0.5) is 0 Å². The van der Waals surface area contributed by atoms with Gasteiger partial charge in [0.2, 0.25) is 11.2 Å². The molecule has 6 heteroatoms. The van der Waals surface area contributed by atoms with Crippen LogP contribution in [0.2, 0.25) is 19.6 Å². The van der Waals surface area contributed by atoms with Crippen molar-refractivity contribution >= 4 is 51.9 Å². The van der Waals surface area contributed by atoms with Gasteiger partial charge in [-0.2, -0.15) is 9.13 Å². The summed E-state index contributed by atoms with van der Waals surface area (Å²) in [6, 6.07) is 38.5. The number of furan rings is 1. The molecule has 2 aliphatic heterocycles. The number of aryl methyl sites for hydroxylation is 2. The Hall–Kier alpha value is -5.85. The van der Waals surface area contributed by atoms with E-state index in [0.717, 1.165) is 53.3 Å². The number of imidazole rings is 1. The third kappa shape index (κ3) is 6.80. The van der Waals surface area contributed by atoms with E-state index < -0.39 is 8.07 Å². The van der Waals surface area contributed by atoms with Crippen LogP contribution in [0.3, 0.4) is 0 Å². The molecular formula is C59H64N4OSi+2. The van der Waals surface area contributed by atoms with Gasteiger partial charge >= 0.3 is 0 Å². The summed E-state index contributed by atoms with van der Waals surface area (Å²) in [5.41, 5.74) is 19.1. The van der Waals surface area contributed by atoms with Gasteiger partial charge < -0.3 is 4.42 Å². The summed E-state index contributed by atoms with van der Waals surface area (Å²) in [4.78, 5) is 5.04. The van der Waals surface area contributed by atoms with Crippen molar-refractivity contribution < 1.29 is 13.6 Å². The van der Waals surface area contributed by atoms with Gasteiger partial charge in [-0.15, -0.1) is 0 Å². The molecule has 4 aromatic heterocycles. The van der Waals surface area contributed by atoms with E-state index in [2.05, 4.69) is 184 Å². The normalized spacial score (nSPS) is 19.2. The van der Waals surface area contributed by atoms with Crippen LogP contribution in [-0.4, -0.2) is 17.6 Å². The molecule has 0 saturated heterocycles. The van der Waals surface area contributed by atoms with Gasteiger partial charge in [0.25, 0.3) is 5.82 Å². The fourth-order valence-electron chi connectivity index (χ4n) is 12.4. The van der Waals surface area contributed by atoms with E-state index in [9.17, 15) is 0 Å². The van der Waals surface area contributed by atoms with E-state index in [4.69, 9.17) is 16.0 Å². The van der Waals surface area contributed by atoms with Gasteiger partial charge in [-0.3, -0.25) is 4.98 Å². The maximum Gasteiger partial charge on any atom is 0.299 e. The zero-order valence-corrected chi connectivity index (χ0v) is 40.9. The van der Waals surface area contributed by atoms with Crippen LogP contribution < -0.4 is 14.3 Å². The summed E-state index contributed by atoms with van der Waals surface area (Å²) in [6.07, 6.45) is 8.68. The highest BCUT2D eigenvalue weighted by Gasteiger charge is 2.49. The average Bonchev–Trinajstić information content (AvgIpc) is 3.63. The highest BCUT2D eigenvalue weighted by molar-refractivity contribution is 6.89. The summed E-state index contributed by atoms with van der Waals surface area (Å²) < 4.78 is 15.0. The topological polar surface area (TPSA) is 38.7 Å². The molecule has 0 radical (unpaired) electrons. The molecule has 5 atom stereocenters. The van der Waals surface area contributed by atoms with Crippen molar-refractivity contribution in [2.24, 2.45) is 17.8 Å². The summed E-state index contributed by atoms with van der Waals surface area (Å²) in [5, 5.41) is 3.89. The lowest BCUT2D eigenvalue weighted by Crippen LogP contribution is -2.55. The molecule has 0 fully saturated rings. The number of fused-ring (bicyclic) bond motifs is 15. The number of pyridine rings is 2. The SMILES string of the molecule is C=C1C[n+]2c(n(C3=C([C@@H](C)CC(C)c4ccccc4)C3C)c3c(C)nccc32)-c2c(ccc3c2oc2ccccc23)CCC2c3ccccc3-c3cc(CC(C)C)c([Si](C)(C)C)c[n+]3C12. The van der Waals surface area contributed by atoms with Crippen molar-refractivity contribution in [2.45, 2.75) is 111 Å². The van der Waals surface area contributed by atoms with Crippen molar-refractivity contribution in [1.29, 1.82) is 0 Å². The number of rotatable bonds is 8. The van der Waals surface area contributed by atoms with Gasteiger partial charge in [-0.05, 0) is 90.3 Å². The second-order valence-electron chi connectivity index (χ2n) is 21.3. The van der Waals surface area contributed by atoms with E-state index in [-0.39, 0.29) is 12.0 Å². The third-order valence-corrected chi connectivity index (χ3v) is 17.4. The number of aromatic nitrogens is 4. The standard InChI is InChI=1S/C59H64N4OSi/c1-35(2)30-43-32-50-45-21-15-14-20-44(45)47-26-24-42-25-27-48-46-22-16-17-23-51(46)64-58(48)54(42)59-62(33-38(5)55(47)61(50)34-52(43)65(8,9)10)49-28-29-60-40(7)57(49)63(59)56-39(6)53(56)37(4)31-36(3)41-18-12-11-13-19-41/h11-23,25,27-29,32,34-37,39,47,55H,5,24,26,30-31,33H2,1-4,6-10H3/q+2/t36?,37-,39?,47?,55?/m0/s1. The number of allylic oxidation sites excluding steroid dienone is 3. The second kappa shape index (κ2) is 15.7. The summed E-state index contributed by atoms with van der Waals surface area (Å²) in [5.74, 6) is 3.21. The van der Waals surface area contributed by atoms with Gasteiger partial charge in [-0.1, -0.05) is 140 Å². The number of hydrogen-bond acceptors (Lipinski definition) is 2. The predicted molar refractivity (Wildman–Crippen MR) is 271 cm³/mol. The van der Waals surface area contributed by atoms with Crippen molar-refractivity contribution in [3.8, 4) is 22.6 Å². The fraction of sp³-hybridized carbons (Fsp3) is 0.339. The van der Waals surface area contributed by atoms with Gasteiger partial charge in [0.15, 0.2) is 23.3 Å². The largest absolute Gasteiger partial charge is 0.455 e. The lowest BCUT2D eigenvalue weighted by atomic mass is 9.76. The minimum atomic E-state index is -1.74. The van der Waals surface area contributed by atoms with Gasteiger partial charge in [0.1, 0.15) is 23.4 Å². The Bertz CT molecular complexity index is 3250. The van der Waals surface area contributed by atoms with Crippen LogP contribution in [0.15, 0.2) is 138 Å². The Morgan fingerprint density at radius 2 is 1.63 bits per heavy atom. The molecule has 3 aliphatic rings. The first-order valence-corrected chi connectivity index (χ1v) is 27.8.